The number of rotatable bonds is 0. The Bertz CT molecular complexity index is 547. The molecular weight excluding hydrogens is 211 g/mol. The van der Waals surface area contributed by atoms with Gasteiger partial charge in [-0.15, -0.1) is 0 Å². The summed E-state index contributed by atoms with van der Waals surface area (Å²) in [5, 5.41) is 0. The molecule has 0 amide bonds. The monoisotopic (exact) mass is 228 g/mol. The van der Waals surface area contributed by atoms with Gasteiger partial charge in [0.1, 0.15) is 5.82 Å². The molecule has 0 bridgehead atoms. The molecule has 3 rings (SSSR count). The standard InChI is InChI=1S/C16H17F/c1-10-4-6-12-13-9-11(17)5-7-14(13)16(2,3)15(12)8-10/h4-7,9-10H,8H2,1-3H3. The van der Waals surface area contributed by atoms with E-state index in [1.54, 1.807) is 12.1 Å². The van der Waals surface area contributed by atoms with Crippen LogP contribution in [0.1, 0.15) is 38.3 Å². The first-order valence-electron chi connectivity index (χ1n) is 6.22. The maximum absolute atomic E-state index is 13.4. The lowest BCUT2D eigenvalue weighted by Crippen LogP contribution is -2.19. The van der Waals surface area contributed by atoms with E-state index in [-0.39, 0.29) is 11.2 Å². The van der Waals surface area contributed by atoms with Crippen LogP contribution in [0.25, 0.3) is 5.57 Å². The van der Waals surface area contributed by atoms with Crippen molar-refractivity contribution in [2.24, 2.45) is 5.92 Å². The molecule has 1 aromatic carbocycles. The van der Waals surface area contributed by atoms with Gasteiger partial charge in [-0.1, -0.05) is 44.6 Å². The maximum atomic E-state index is 13.4. The fourth-order valence-electron chi connectivity index (χ4n) is 3.15. The van der Waals surface area contributed by atoms with E-state index < -0.39 is 0 Å². The van der Waals surface area contributed by atoms with Crippen molar-refractivity contribution in [3.8, 4) is 0 Å². The van der Waals surface area contributed by atoms with Crippen LogP contribution in [0.5, 0.6) is 0 Å². The third kappa shape index (κ3) is 1.41. The van der Waals surface area contributed by atoms with Gasteiger partial charge < -0.3 is 0 Å². The zero-order valence-corrected chi connectivity index (χ0v) is 10.5. The van der Waals surface area contributed by atoms with Crippen molar-refractivity contribution >= 4 is 5.57 Å². The van der Waals surface area contributed by atoms with Gasteiger partial charge in [0.05, 0.1) is 0 Å². The highest BCUT2D eigenvalue weighted by atomic mass is 19.1. The minimum atomic E-state index is -0.139. The minimum Gasteiger partial charge on any atom is -0.207 e. The lowest BCUT2D eigenvalue weighted by atomic mass is 9.77. The summed E-state index contributed by atoms with van der Waals surface area (Å²) in [4.78, 5) is 0. The molecule has 2 aliphatic rings. The van der Waals surface area contributed by atoms with Crippen LogP contribution in [0.2, 0.25) is 0 Å². The van der Waals surface area contributed by atoms with E-state index in [2.05, 4.69) is 32.9 Å². The minimum absolute atomic E-state index is 0.0530. The van der Waals surface area contributed by atoms with Gasteiger partial charge in [0.25, 0.3) is 0 Å². The second-order valence-electron chi connectivity index (χ2n) is 5.75. The molecule has 0 radical (unpaired) electrons. The van der Waals surface area contributed by atoms with E-state index in [9.17, 15) is 4.39 Å². The highest BCUT2D eigenvalue weighted by Crippen LogP contribution is 2.50. The first kappa shape index (κ1) is 10.8. The van der Waals surface area contributed by atoms with E-state index in [0.717, 1.165) is 12.0 Å². The molecule has 1 heteroatoms. The van der Waals surface area contributed by atoms with E-state index in [1.165, 1.54) is 16.7 Å². The Balaban J connectivity index is 2.24. The van der Waals surface area contributed by atoms with Gasteiger partial charge in [-0.3, -0.25) is 0 Å². The summed E-state index contributed by atoms with van der Waals surface area (Å²) in [6.07, 6.45) is 5.50. The van der Waals surface area contributed by atoms with E-state index >= 15 is 0 Å². The molecule has 1 atom stereocenters. The topological polar surface area (TPSA) is 0 Å². The van der Waals surface area contributed by atoms with Crippen LogP contribution in [-0.4, -0.2) is 0 Å². The molecule has 0 aliphatic heterocycles. The number of hydrogen-bond acceptors (Lipinski definition) is 0. The fourth-order valence-corrected chi connectivity index (χ4v) is 3.15. The molecular formula is C16H17F. The van der Waals surface area contributed by atoms with Crippen LogP contribution < -0.4 is 0 Å². The summed E-state index contributed by atoms with van der Waals surface area (Å²) in [6, 6.07) is 5.20. The van der Waals surface area contributed by atoms with Crippen molar-refractivity contribution < 1.29 is 4.39 Å². The smallest absolute Gasteiger partial charge is 0.123 e. The zero-order valence-electron chi connectivity index (χ0n) is 10.5. The number of hydrogen-bond donors (Lipinski definition) is 0. The van der Waals surface area contributed by atoms with Crippen LogP contribution in [0, 0.1) is 11.7 Å². The molecule has 0 heterocycles. The van der Waals surface area contributed by atoms with Crippen LogP contribution in [0.4, 0.5) is 4.39 Å². The Morgan fingerprint density at radius 1 is 1.29 bits per heavy atom. The van der Waals surface area contributed by atoms with Crippen molar-refractivity contribution in [2.75, 3.05) is 0 Å². The Labute approximate surface area is 102 Å². The van der Waals surface area contributed by atoms with Gasteiger partial charge >= 0.3 is 0 Å². The molecule has 88 valence electrons. The summed E-state index contributed by atoms with van der Waals surface area (Å²) in [5.41, 5.74) is 5.13. The molecule has 1 unspecified atom stereocenters. The number of halogens is 1. The normalized spacial score (nSPS) is 24.8. The fraction of sp³-hybridized carbons (Fsp3) is 0.375. The number of allylic oxidation sites excluding steroid dienone is 4. The third-order valence-corrected chi connectivity index (χ3v) is 4.14. The molecule has 0 saturated heterocycles. The van der Waals surface area contributed by atoms with Crippen LogP contribution in [0.3, 0.4) is 0 Å². The molecule has 17 heavy (non-hydrogen) atoms. The summed E-state index contributed by atoms with van der Waals surface area (Å²) >= 11 is 0. The largest absolute Gasteiger partial charge is 0.207 e. The van der Waals surface area contributed by atoms with Crippen molar-refractivity contribution in [2.45, 2.75) is 32.6 Å². The van der Waals surface area contributed by atoms with Gasteiger partial charge in [0, 0.05) is 5.41 Å². The third-order valence-electron chi connectivity index (χ3n) is 4.14. The highest BCUT2D eigenvalue weighted by Gasteiger charge is 2.38. The molecule has 0 saturated carbocycles. The average Bonchev–Trinajstić information content (AvgIpc) is 2.48. The van der Waals surface area contributed by atoms with Gasteiger partial charge in [0.15, 0.2) is 0 Å². The first-order chi connectivity index (χ1) is 8.00. The van der Waals surface area contributed by atoms with Gasteiger partial charge in [-0.25, -0.2) is 4.39 Å². The number of benzene rings is 1. The van der Waals surface area contributed by atoms with Gasteiger partial charge in [-0.2, -0.15) is 0 Å². The van der Waals surface area contributed by atoms with Gasteiger partial charge in [0.2, 0.25) is 0 Å². The van der Waals surface area contributed by atoms with Crippen molar-refractivity contribution in [1.29, 1.82) is 0 Å². The van der Waals surface area contributed by atoms with Gasteiger partial charge in [-0.05, 0) is 41.2 Å². The predicted molar refractivity (Wildman–Crippen MR) is 69.3 cm³/mol. The van der Waals surface area contributed by atoms with Crippen LogP contribution in [-0.2, 0) is 5.41 Å². The molecule has 0 fully saturated rings. The maximum Gasteiger partial charge on any atom is 0.123 e. The summed E-state index contributed by atoms with van der Waals surface area (Å²) < 4.78 is 13.4. The SMILES string of the molecule is CC1C=CC2=C(C1)C(C)(C)c1ccc(F)cc12. The van der Waals surface area contributed by atoms with Crippen molar-refractivity contribution in [1.82, 2.24) is 0 Å². The highest BCUT2D eigenvalue weighted by molar-refractivity contribution is 5.86. The lowest BCUT2D eigenvalue weighted by Gasteiger charge is -2.27. The molecule has 0 aromatic heterocycles. The zero-order chi connectivity index (χ0) is 12.2. The summed E-state index contributed by atoms with van der Waals surface area (Å²) in [6.45, 7) is 6.73. The molecule has 0 nitrogen and oxygen atoms in total. The molecule has 0 N–H and O–H groups in total. The predicted octanol–water partition coefficient (Wildman–Crippen LogP) is 4.47. The van der Waals surface area contributed by atoms with E-state index in [1.807, 2.05) is 6.07 Å². The van der Waals surface area contributed by atoms with E-state index in [4.69, 9.17) is 0 Å². The lowest BCUT2D eigenvalue weighted by molar-refractivity contribution is 0.564. The summed E-state index contributed by atoms with van der Waals surface area (Å²) in [7, 11) is 0. The van der Waals surface area contributed by atoms with E-state index in [0.29, 0.717) is 5.92 Å². The second kappa shape index (κ2) is 3.32. The first-order valence-corrected chi connectivity index (χ1v) is 6.22. The summed E-state index contributed by atoms with van der Waals surface area (Å²) in [5.74, 6) is 0.451. The Morgan fingerprint density at radius 2 is 2.06 bits per heavy atom. The average molecular weight is 228 g/mol. The van der Waals surface area contributed by atoms with Crippen LogP contribution >= 0.6 is 0 Å². The number of fused-ring (bicyclic) bond motifs is 2. The quantitative estimate of drug-likeness (QED) is 0.614. The Hall–Kier alpha value is -1.37. The second-order valence-corrected chi connectivity index (χ2v) is 5.75. The van der Waals surface area contributed by atoms with Crippen molar-refractivity contribution in [3.63, 3.8) is 0 Å². The molecule has 2 aliphatic carbocycles. The Kier molecular flexibility index (Phi) is 2.10. The molecule has 0 spiro atoms. The van der Waals surface area contributed by atoms with Crippen molar-refractivity contribution in [3.05, 3.63) is 52.9 Å². The Morgan fingerprint density at radius 3 is 2.82 bits per heavy atom. The van der Waals surface area contributed by atoms with Crippen LogP contribution in [0.15, 0.2) is 35.9 Å². The molecule has 1 aromatic rings.